The van der Waals surface area contributed by atoms with Crippen molar-refractivity contribution in [3.8, 4) is 11.5 Å². The first-order valence-electron chi connectivity index (χ1n) is 8.37. The van der Waals surface area contributed by atoms with Crippen LogP contribution in [0.1, 0.15) is 44.3 Å². The second kappa shape index (κ2) is 7.75. The van der Waals surface area contributed by atoms with E-state index in [4.69, 9.17) is 13.9 Å². The Balaban J connectivity index is 1.94. The highest BCUT2D eigenvalue weighted by molar-refractivity contribution is 5.42. The Morgan fingerprint density at radius 3 is 2.38 bits per heavy atom. The summed E-state index contributed by atoms with van der Waals surface area (Å²) in [4.78, 5) is 0. The van der Waals surface area contributed by atoms with E-state index in [9.17, 15) is 0 Å². The highest BCUT2D eigenvalue weighted by Crippen LogP contribution is 2.30. The second-order valence-electron chi connectivity index (χ2n) is 6.97. The van der Waals surface area contributed by atoms with Gasteiger partial charge in [0.15, 0.2) is 11.5 Å². The van der Waals surface area contributed by atoms with Gasteiger partial charge in [0.1, 0.15) is 11.5 Å². The van der Waals surface area contributed by atoms with Gasteiger partial charge in [-0.3, -0.25) is 0 Å². The van der Waals surface area contributed by atoms with E-state index in [1.807, 2.05) is 25.1 Å². The molecule has 0 fully saturated rings. The van der Waals surface area contributed by atoms with Crippen LogP contribution >= 0.6 is 0 Å². The van der Waals surface area contributed by atoms with Crippen LogP contribution in [-0.4, -0.2) is 20.3 Å². The van der Waals surface area contributed by atoms with Crippen LogP contribution < -0.4 is 14.8 Å². The molecule has 1 N–H and O–H groups in total. The van der Waals surface area contributed by atoms with Gasteiger partial charge in [-0.1, -0.05) is 19.9 Å². The van der Waals surface area contributed by atoms with E-state index < -0.39 is 0 Å². The Bertz CT molecular complexity index is 661. The van der Waals surface area contributed by atoms with Gasteiger partial charge in [-0.25, -0.2) is 0 Å². The summed E-state index contributed by atoms with van der Waals surface area (Å²) >= 11 is 0. The fourth-order valence-corrected chi connectivity index (χ4v) is 3.02. The van der Waals surface area contributed by atoms with Gasteiger partial charge in [-0.05, 0) is 50.1 Å². The smallest absolute Gasteiger partial charge is 0.161 e. The number of benzene rings is 1. The Morgan fingerprint density at radius 1 is 1.08 bits per heavy atom. The van der Waals surface area contributed by atoms with E-state index in [-0.39, 0.29) is 5.41 Å². The monoisotopic (exact) mass is 331 g/mol. The highest BCUT2D eigenvalue weighted by Gasteiger charge is 2.26. The Kier molecular flexibility index (Phi) is 5.94. The lowest BCUT2D eigenvalue weighted by Crippen LogP contribution is -2.32. The SMILES string of the molecule is COc1ccc(CNC(C)CC(C)(C)c2ccc(C)o2)cc1OC. The summed E-state index contributed by atoms with van der Waals surface area (Å²) < 4.78 is 16.4. The van der Waals surface area contributed by atoms with E-state index in [2.05, 4.69) is 38.2 Å². The molecular formula is C20H29NO3. The Morgan fingerprint density at radius 2 is 1.79 bits per heavy atom. The predicted molar refractivity (Wildman–Crippen MR) is 96.9 cm³/mol. The topological polar surface area (TPSA) is 43.6 Å². The number of nitrogens with one attached hydrogen (secondary N) is 1. The van der Waals surface area contributed by atoms with E-state index in [1.54, 1.807) is 14.2 Å². The number of methoxy groups -OCH3 is 2. The van der Waals surface area contributed by atoms with E-state index in [0.717, 1.165) is 36.0 Å². The summed E-state index contributed by atoms with van der Waals surface area (Å²) in [5.41, 5.74) is 1.17. The van der Waals surface area contributed by atoms with Crippen molar-refractivity contribution in [3.05, 3.63) is 47.4 Å². The molecular weight excluding hydrogens is 302 g/mol. The van der Waals surface area contributed by atoms with Crippen molar-refractivity contribution >= 4 is 0 Å². The number of rotatable bonds is 8. The van der Waals surface area contributed by atoms with E-state index in [0.29, 0.717) is 6.04 Å². The summed E-state index contributed by atoms with van der Waals surface area (Å²) in [6.45, 7) is 9.42. The van der Waals surface area contributed by atoms with Crippen molar-refractivity contribution in [1.82, 2.24) is 5.32 Å². The highest BCUT2D eigenvalue weighted by atomic mass is 16.5. The number of ether oxygens (including phenoxy) is 2. The lowest BCUT2D eigenvalue weighted by Gasteiger charge is -2.27. The van der Waals surface area contributed by atoms with Crippen molar-refractivity contribution in [2.45, 2.75) is 52.1 Å². The third-order valence-electron chi connectivity index (χ3n) is 4.33. The minimum Gasteiger partial charge on any atom is -0.493 e. The van der Waals surface area contributed by atoms with Gasteiger partial charge in [0.05, 0.1) is 14.2 Å². The van der Waals surface area contributed by atoms with E-state index >= 15 is 0 Å². The van der Waals surface area contributed by atoms with Gasteiger partial charge < -0.3 is 19.2 Å². The maximum absolute atomic E-state index is 5.81. The first-order valence-corrected chi connectivity index (χ1v) is 8.37. The van der Waals surface area contributed by atoms with Crippen molar-refractivity contribution in [2.75, 3.05) is 14.2 Å². The van der Waals surface area contributed by atoms with Gasteiger partial charge >= 0.3 is 0 Å². The van der Waals surface area contributed by atoms with Crippen molar-refractivity contribution < 1.29 is 13.9 Å². The zero-order valence-electron chi connectivity index (χ0n) is 15.6. The van der Waals surface area contributed by atoms with Crippen LogP contribution in [0.5, 0.6) is 11.5 Å². The number of hydrogen-bond acceptors (Lipinski definition) is 4. The molecule has 4 nitrogen and oxygen atoms in total. The van der Waals surface area contributed by atoms with Crippen LogP contribution in [0, 0.1) is 6.92 Å². The van der Waals surface area contributed by atoms with Crippen molar-refractivity contribution in [3.63, 3.8) is 0 Å². The molecule has 24 heavy (non-hydrogen) atoms. The molecule has 1 unspecified atom stereocenters. The predicted octanol–water partition coefficient (Wildman–Crippen LogP) is 4.45. The number of furan rings is 1. The molecule has 0 bridgehead atoms. The average Bonchev–Trinajstić information content (AvgIpc) is 2.99. The molecule has 2 aromatic rings. The molecule has 132 valence electrons. The lowest BCUT2D eigenvalue weighted by atomic mass is 9.83. The molecule has 1 heterocycles. The third kappa shape index (κ3) is 4.54. The van der Waals surface area contributed by atoms with Crippen molar-refractivity contribution in [1.29, 1.82) is 0 Å². The molecule has 0 aliphatic carbocycles. The van der Waals surface area contributed by atoms with Gasteiger partial charge in [0.25, 0.3) is 0 Å². The molecule has 2 rings (SSSR count). The quantitative estimate of drug-likeness (QED) is 0.776. The van der Waals surface area contributed by atoms with E-state index in [1.165, 1.54) is 5.56 Å². The zero-order valence-corrected chi connectivity index (χ0v) is 15.6. The number of aryl methyl sites for hydroxylation is 1. The Hall–Kier alpha value is -1.94. The average molecular weight is 331 g/mol. The van der Waals surface area contributed by atoms with Crippen LogP contribution in [0.25, 0.3) is 0 Å². The first-order chi connectivity index (χ1) is 11.4. The fraction of sp³-hybridized carbons (Fsp3) is 0.500. The summed E-state index contributed by atoms with van der Waals surface area (Å²) in [6.07, 6.45) is 0.993. The van der Waals surface area contributed by atoms with Gasteiger partial charge in [-0.15, -0.1) is 0 Å². The number of hydrogen-bond donors (Lipinski definition) is 1. The Labute approximate surface area is 145 Å². The summed E-state index contributed by atoms with van der Waals surface area (Å²) in [6, 6.07) is 10.5. The summed E-state index contributed by atoms with van der Waals surface area (Å²) in [5, 5.41) is 3.58. The molecule has 0 saturated heterocycles. The van der Waals surface area contributed by atoms with Crippen LogP contribution in [0.15, 0.2) is 34.7 Å². The molecule has 1 aromatic carbocycles. The maximum atomic E-state index is 5.81. The standard InChI is InChI=1S/C20H29NO3/c1-14(12-20(3,4)19-10-7-15(2)24-19)21-13-16-8-9-17(22-5)18(11-16)23-6/h7-11,14,21H,12-13H2,1-6H3. The lowest BCUT2D eigenvalue weighted by molar-refractivity contribution is 0.319. The van der Waals surface area contributed by atoms with Crippen LogP contribution in [0.3, 0.4) is 0 Å². The molecule has 0 aliphatic heterocycles. The molecule has 1 aromatic heterocycles. The van der Waals surface area contributed by atoms with Gasteiger partial charge in [-0.2, -0.15) is 0 Å². The minimum atomic E-state index is -0.00171. The second-order valence-corrected chi connectivity index (χ2v) is 6.97. The normalized spacial score (nSPS) is 12.9. The summed E-state index contributed by atoms with van der Waals surface area (Å²) in [5.74, 6) is 3.52. The molecule has 0 radical (unpaired) electrons. The molecule has 0 saturated carbocycles. The maximum Gasteiger partial charge on any atom is 0.161 e. The molecule has 0 amide bonds. The van der Waals surface area contributed by atoms with Crippen LogP contribution in [0.2, 0.25) is 0 Å². The molecule has 0 aliphatic rings. The largest absolute Gasteiger partial charge is 0.493 e. The molecule has 1 atom stereocenters. The fourth-order valence-electron chi connectivity index (χ4n) is 3.02. The summed E-state index contributed by atoms with van der Waals surface area (Å²) in [7, 11) is 3.31. The van der Waals surface area contributed by atoms with Gasteiger partial charge in [0, 0.05) is 18.0 Å². The van der Waals surface area contributed by atoms with Crippen LogP contribution in [-0.2, 0) is 12.0 Å². The van der Waals surface area contributed by atoms with Gasteiger partial charge in [0.2, 0.25) is 0 Å². The molecule has 0 spiro atoms. The zero-order chi connectivity index (χ0) is 17.7. The van der Waals surface area contributed by atoms with Crippen LogP contribution in [0.4, 0.5) is 0 Å². The molecule has 4 heteroatoms. The third-order valence-corrected chi connectivity index (χ3v) is 4.33. The van der Waals surface area contributed by atoms with Crippen molar-refractivity contribution in [2.24, 2.45) is 0 Å². The minimum absolute atomic E-state index is 0.00171. The first kappa shape index (κ1) is 18.4.